The molecule has 2 N–H and O–H groups in total. The zero-order chi connectivity index (χ0) is 13.7. The monoisotopic (exact) mass is 397 g/mol. The van der Waals surface area contributed by atoms with E-state index in [-0.39, 0.29) is 36.5 Å². The van der Waals surface area contributed by atoms with E-state index in [0.29, 0.717) is 12.0 Å². The minimum absolute atomic E-state index is 0. The first-order valence-corrected chi connectivity index (χ1v) is 7.41. The molecule has 6 heteroatoms. The van der Waals surface area contributed by atoms with Crippen LogP contribution in [0.5, 0.6) is 0 Å². The fraction of sp³-hybridized carbons (Fsp3) is 0.929. The van der Waals surface area contributed by atoms with Gasteiger partial charge >= 0.3 is 0 Å². The van der Waals surface area contributed by atoms with Crippen molar-refractivity contribution < 1.29 is 9.84 Å². The molecule has 5 nitrogen and oxygen atoms in total. The lowest BCUT2D eigenvalue weighted by atomic mass is 9.87. The van der Waals surface area contributed by atoms with Crippen molar-refractivity contribution >= 4 is 29.9 Å². The average Bonchev–Trinajstić information content (AvgIpc) is 3.05. The van der Waals surface area contributed by atoms with Gasteiger partial charge in [-0.25, -0.2) is 0 Å². The Morgan fingerprint density at radius 3 is 2.90 bits per heavy atom. The standard InChI is InChI=1S/C14H27N3O2.HI/c1-3-15-13(16-8-12(2)9-18)17-6-4-14(10-17)5-7-19-11-14;/h12,18H,3-11H2,1-2H3,(H,15,16);1H. The van der Waals surface area contributed by atoms with Crippen molar-refractivity contribution in [3.05, 3.63) is 0 Å². The Balaban J connectivity index is 0.00000200. The van der Waals surface area contributed by atoms with Crippen LogP contribution in [-0.4, -0.2) is 62.0 Å². The van der Waals surface area contributed by atoms with Gasteiger partial charge in [-0.05, 0) is 25.7 Å². The van der Waals surface area contributed by atoms with E-state index in [1.165, 1.54) is 12.8 Å². The van der Waals surface area contributed by atoms with Crippen LogP contribution in [0.25, 0.3) is 0 Å². The second kappa shape index (κ2) is 8.38. The van der Waals surface area contributed by atoms with E-state index in [4.69, 9.17) is 9.84 Å². The third kappa shape index (κ3) is 4.46. The zero-order valence-corrected chi connectivity index (χ0v) is 14.9. The first-order chi connectivity index (χ1) is 9.19. The Morgan fingerprint density at radius 2 is 2.30 bits per heavy atom. The molecule has 0 bridgehead atoms. The van der Waals surface area contributed by atoms with Crippen molar-refractivity contribution in [3.63, 3.8) is 0 Å². The van der Waals surface area contributed by atoms with E-state index >= 15 is 0 Å². The van der Waals surface area contributed by atoms with Crippen molar-refractivity contribution in [2.45, 2.75) is 26.7 Å². The van der Waals surface area contributed by atoms with Gasteiger partial charge in [-0.15, -0.1) is 24.0 Å². The second-order valence-electron chi connectivity index (χ2n) is 5.96. The maximum atomic E-state index is 9.09. The number of aliphatic hydroxyl groups excluding tert-OH is 1. The lowest BCUT2D eigenvalue weighted by molar-refractivity contribution is 0.156. The van der Waals surface area contributed by atoms with Crippen LogP contribution in [0.15, 0.2) is 4.99 Å². The lowest BCUT2D eigenvalue weighted by Gasteiger charge is -2.25. The fourth-order valence-electron chi connectivity index (χ4n) is 2.81. The van der Waals surface area contributed by atoms with Gasteiger partial charge in [0.25, 0.3) is 0 Å². The predicted molar refractivity (Wildman–Crippen MR) is 91.7 cm³/mol. The molecule has 2 heterocycles. The Hall–Kier alpha value is -0.0800. The molecule has 0 aromatic heterocycles. The Kier molecular flexibility index (Phi) is 7.53. The molecular weight excluding hydrogens is 369 g/mol. The van der Waals surface area contributed by atoms with Gasteiger partial charge in [0.15, 0.2) is 5.96 Å². The van der Waals surface area contributed by atoms with E-state index in [1.807, 2.05) is 6.92 Å². The maximum absolute atomic E-state index is 9.09. The van der Waals surface area contributed by atoms with Gasteiger partial charge in [0, 0.05) is 44.8 Å². The molecule has 0 saturated carbocycles. The normalized spacial score (nSPS) is 27.8. The molecule has 1 spiro atoms. The third-order valence-corrected chi connectivity index (χ3v) is 4.12. The largest absolute Gasteiger partial charge is 0.396 e. The summed E-state index contributed by atoms with van der Waals surface area (Å²) in [7, 11) is 0. The van der Waals surface area contributed by atoms with E-state index in [2.05, 4.69) is 22.1 Å². The number of nitrogens with one attached hydrogen (secondary N) is 1. The Bertz CT molecular complexity index is 320. The minimum Gasteiger partial charge on any atom is -0.396 e. The predicted octanol–water partition coefficient (Wildman–Crippen LogP) is 1.31. The van der Waals surface area contributed by atoms with Crippen LogP contribution in [0.3, 0.4) is 0 Å². The number of nitrogens with zero attached hydrogens (tertiary/aromatic N) is 2. The molecule has 2 unspecified atom stereocenters. The minimum atomic E-state index is 0. The molecule has 118 valence electrons. The summed E-state index contributed by atoms with van der Waals surface area (Å²) in [4.78, 5) is 7.00. The topological polar surface area (TPSA) is 57.1 Å². The first-order valence-electron chi connectivity index (χ1n) is 7.41. The third-order valence-electron chi connectivity index (χ3n) is 4.12. The van der Waals surface area contributed by atoms with Gasteiger partial charge in [0.2, 0.25) is 0 Å². The maximum Gasteiger partial charge on any atom is 0.193 e. The number of aliphatic hydroxyl groups is 1. The van der Waals surface area contributed by atoms with Crippen LogP contribution in [0, 0.1) is 11.3 Å². The molecular formula is C14H28IN3O2. The number of ether oxygens (including phenoxy) is 1. The number of rotatable bonds is 4. The summed E-state index contributed by atoms with van der Waals surface area (Å²) in [6.45, 7) is 9.78. The molecule has 0 amide bonds. The quantitative estimate of drug-likeness (QED) is 0.427. The summed E-state index contributed by atoms with van der Waals surface area (Å²) in [6, 6.07) is 0. The summed E-state index contributed by atoms with van der Waals surface area (Å²) < 4.78 is 5.57. The van der Waals surface area contributed by atoms with E-state index in [1.54, 1.807) is 0 Å². The fourth-order valence-corrected chi connectivity index (χ4v) is 2.81. The zero-order valence-electron chi connectivity index (χ0n) is 12.6. The smallest absolute Gasteiger partial charge is 0.193 e. The summed E-state index contributed by atoms with van der Waals surface area (Å²) >= 11 is 0. The lowest BCUT2D eigenvalue weighted by Crippen LogP contribution is -2.41. The van der Waals surface area contributed by atoms with Crippen LogP contribution in [0.1, 0.15) is 26.7 Å². The van der Waals surface area contributed by atoms with Gasteiger partial charge < -0.3 is 20.1 Å². The van der Waals surface area contributed by atoms with Crippen LogP contribution in [0.2, 0.25) is 0 Å². The van der Waals surface area contributed by atoms with Crippen LogP contribution < -0.4 is 5.32 Å². The molecule has 20 heavy (non-hydrogen) atoms. The first kappa shape index (κ1) is 18.0. The number of guanidine groups is 1. The highest BCUT2D eigenvalue weighted by Gasteiger charge is 2.42. The van der Waals surface area contributed by atoms with Crippen molar-refractivity contribution in [3.8, 4) is 0 Å². The summed E-state index contributed by atoms with van der Waals surface area (Å²) in [5, 5.41) is 12.5. The second-order valence-corrected chi connectivity index (χ2v) is 5.96. The highest BCUT2D eigenvalue weighted by molar-refractivity contribution is 14.0. The number of hydrogen-bond acceptors (Lipinski definition) is 3. The molecule has 0 aromatic carbocycles. The van der Waals surface area contributed by atoms with Crippen molar-refractivity contribution in [1.29, 1.82) is 0 Å². The molecule has 2 aliphatic heterocycles. The number of hydrogen-bond donors (Lipinski definition) is 2. The van der Waals surface area contributed by atoms with Crippen LogP contribution >= 0.6 is 24.0 Å². The molecule has 0 aliphatic carbocycles. The van der Waals surface area contributed by atoms with E-state index < -0.39 is 0 Å². The van der Waals surface area contributed by atoms with Gasteiger partial charge in [-0.1, -0.05) is 6.92 Å². The summed E-state index contributed by atoms with van der Waals surface area (Å²) in [5.41, 5.74) is 0.360. The van der Waals surface area contributed by atoms with Gasteiger partial charge in [0.1, 0.15) is 0 Å². The van der Waals surface area contributed by atoms with Crippen molar-refractivity contribution in [1.82, 2.24) is 10.2 Å². The average molecular weight is 397 g/mol. The van der Waals surface area contributed by atoms with E-state index in [0.717, 1.165) is 38.8 Å². The molecule has 2 saturated heterocycles. The summed E-state index contributed by atoms with van der Waals surface area (Å²) in [5.74, 6) is 1.21. The Morgan fingerprint density at radius 1 is 1.50 bits per heavy atom. The molecule has 2 fully saturated rings. The SMILES string of the molecule is CCNC(=NCC(C)CO)N1CCC2(CCOC2)C1.I. The molecule has 2 rings (SSSR count). The molecule has 0 aromatic rings. The van der Waals surface area contributed by atoms with Gasteiger partial charge in [-0.2, -0.15) is 0 Å². The Labute approximate surface area is 139 Å². The van der Waals surface area contributed by atoms with Crippen LogP contribution in [-0.2, 0) is 4.74 Å². The van der Waals surface area contributed by atoms with Gasteiger partial charge in [-0.3, -0.25) is 4.99 Å². The molecule has 0 radical (unpaired) electrons. The highest BCUT2D eigenvalue weighted by Crippen LogP contribution is 2.38. The number of aliphatic imine (C=N–C) groups is 1. The molecule has 2 atom stereocenters. The summed E-state index contributed by atoms with van der Waals surface area (Å²) in [6.07, 6.45) is 2.38. The number of likely N-dealkylation sites (tertiary alicyclic amines) is 1. The highest BCUT2D eigenvalue weighted by atomic mass is 127. The van der Waals surface area contributed by atoms with Crippen molar-refractivity contribution in [2.75, 3.05) is 46.0 Å². The van der Waals surface area contributed by atoms with Gasteiger partial charge in [0.05, 0.1) is 6.61 Å². The van der Waals surface area contributed by atoms with E-state index in [9.17, 15) is 0 Å². The van der Waals surface area contributed by atoms with Crippen LogP contribution in [0.4, 0.5) is 0 Å². The molecule has 2 aliphatic rings. The van der Waals surface area contributed by atoms with Crippen molar-refractivity contribution in [2.24, 2.45) is 16.3 Å². The number of halogens is 1.